The molecule has 2 aromatic carbocycles. The second-order valence-electron chi connectivity index (χ2n) is 9.35. The summed E-state index contributed by atoms with van der Waals surface area (Å²) in [5, 5.41) is 2.83. The number of benzene rings is 2. The first kappa shape index (κ1) is 26.8. The fraction of sp³-hybridized carbons (Fsp3) is 0.407. The number of nitrogens with zero attached hydrogens (tertiary/aromatic N) is 3. The lowest BCUT2D eigenvalue weighted by Crippen LogP contribution is -2.46. The van der Waals surface area contributed by atoms with Crippen LogP contribution in [0.5, 0.6) is 5.75 Å². The number of carbonyl (C=O) groups excluding carboxylic acids is 1. The highest BCUT2D eigenvalue weighted by atomic mass is 32.2. The molecule has 1 atom stereocenters. The molecule has 10 heteroatoms. The average Bonchev–Trinajstić information content (AvgIpc) is 3.38. The summed E-state index contributed by atoms with van der Waals surface area (Å²) in [7, 11) is -2.16. The summed E-state index contributed by atoms with van der Waals surface area (Å²) < 4.78 is 41.8. The normalized spacial score (nSPS) is 16.5. The minimum atomic E-state index is -3.73. The molecule has 1 fully saturated rings. The summed E-state index contributed by atoms with van der Waals surface area (Å²) in [5.41, 5.74) is 3.07. The van der Waals surface area contributed by atoms with Crippen LogP contribution in [0.15, 0.2) is 60.0 Å². The number of aromatic nitrogens is 2. The van der Waals surface area contributed by atoms with E-state index in [1.807, 2.05) is 35.0 Å². The van der Waals surface area contributed by atoms with Crippen molar-refractivity contribution in [3.8, 4) is 5.75 Å². The average molecular weight is 527 g/mol. The fourth-order valence-electron chi connectivity index (χ4n) is 4.78. The smallest absolute Gasteiger partial charge is 0.250 e. The highest BCUT2D eigenvalue weighted by Gasteiger charge is 2.35. The van der Waals surface area contributed by atoms with Crippen molar-refractivity contribution in [3.63, 3.8) is 0 Å². The van der Waals surface area contributed by atoms with Crippen LogP contribution in [0.4, 0.5) is 5.69 Å². The predicted molar refractivity (Wildman–Crippen MR) is 141 cm³/mol. The molecule has 37 heavy (non-hydrogen) atoms. The number of amides is 1. The number of aryl methyl sites for hydroxylation is 2. The number of nitrogens with one attached hydrogen (secondary N) is 1. The van der Waals surface area contributed by atoms with Crippen LogP contribution in [0, 0.1) is 13.8 Å². The molecule has 2 heterocycles. The van der Waals surface area contributed by atoms with E-state index in [0.717, 1.165) is 18.4 Å². The summed E-state index contributed by atoms with van der Waals surface area (Å²) in [6, 6.07) is 10.7. The van der Waals surface area contributed by atoms with Crippen molar-refractivity contribution in [2.45, 2.75) is 50.6 Å². The van der Waals surface area contributed by atoms with Crippen LogP contribution < -0.4 is 10.1 Å². The summed E-state index contributed by atoms with van der Waals surface area (Å²) in [5.74, 6) is 0.348. The lowest BCUT2D eigenvalue weighted by Gasteiger charge is -2.35. The molecule has 1 amide bonds. The Bertz CT molecular complexity index is 1280. The number of rotatable bonds is 10. The van der Waals surface area contributed by atoms with Gasteiger partial charge in [-0.05, 0) is 67.6 Å². The van der Waals surface area contributed by atoms with Gasteiger partial charge < -0.3 is 19.4 Å². The van der Waals surface area contributed by atoms with E-state index < -0.39 is 10.0 Å². The molecule has 1 aliphatic heterocycles. The van der Waals surface area contributed by atoms with Gasteiger partial charge in [0.25, 0.3) is 0 Å². The van der Waals surface area contributed by atoms with Gasteiger partial charge in [0.05, 0.1) is 24.9 Å². The van der Waals surface area contributed by atoms with Crippen LogP contribution in [-0.2, 0) is 26.1 Å². The lowest BCUT2D eigenvalue weighted by molar-refractivity contribution is -0.121. The summed E-state index contributed by atoms with van der Waals surface area (Å²) in [6.45, 7) is 4.71. The van der Waals surface area contributed by atoms with Crippen LogP contribution in [0.2, 0.25) is 0 Å². The van der Waals surface area contributed by atoms with E-state index in [-0.39, 0.29) is 25.2 Å². The van der Waals surface area contributed by atoms with Gasteiger partial charge in [0, 0.05) is 37.2 Å². The maximum absolute atomic E-state index is 13.6. The van der Waals surface area contributed by atoms with Crippen molar-refractivity contribution in [1.29, 1.82) is 0 Å². The molecule has 4 rings (SSSR count). The largest absolute Gasteiger partial charge is 0.497 e. The van der Waals surface area contributed by atoms with Crippen LogP contribution in [0.25, 0.3) is 0 Å². The molecule has 198 valence electrons. The first-order chi connectivity index (χ1) is 17.8. The highest BCUT2D eigenvalue weighted by Crippen LogP contribution is 2.32. The molecule has 1 unspecified atom stereocenters. The van der Waals surface area contributed by atoms with Gasteiger partial charge in [0.2, 0.25) is 15.9 Å². The Morgan fingerprint density at radius 1 is 1.14 bits per heavy atom. The Labute approximate surface area is 218 Å². The Morgan fingerprint density at radius 2 is 1.86 bits per heavy atom. The first-order valence-corrected chi connectivity index (χ1v) is 13.8. The van der Waals surface area contributed by atoms with E-state index in [1.165, 1.54) is 4.31 Å². The zero-order valence-electron chi connectivity index (χ0n) is 21.5. The van der Waals surface area contributed by atoms with Crippen molar-refractivity contribution >= 4 is 21.6 Å². The zero-order valence-corrected chi connectivity index (χ0v) is 22.3. The van der Waals surface area contributed by atoms with Gasteiger partial charge >= 0.3 is 0 Å². The SMILES string of the molecule is COc1cc(C)c(S(=O)(=O)N2CCCCC2COCC(=O)Nc2ccc(Cn3ccnc3)cc2)c(C)c1. The van der Waals surface area contributed by atoms with E-state index >= 15 is 0 Å². The van der Waals surface area contributed by atoms with E-state index in [4.69, 9.17) is 9.47 Å². The molecule has 0 bridgehead atoms. The third-order valence-electron chi connectivity index (χ3n) is 6.51. The molecular weight excluding hydrogens is 492 g/mol. The van der Waals surface area contributed by atoms with E-state index in [1.54, 1.807) is 45.6 Å². The third-order valence-corrected chi connectivity index (χ3v) is 8.77. The molecule has 9 nitrogen and oxygen atoms in total. The zero-order chi connectivity index (χ0) is 26.4. The van der Waals surface area contributed by atoms with Crippen LogP contribution in [0.3, 0.4) is 0 Å². The molecule has 3 aromatic rings. The van der Waals surface area contributed by atoms with Crippen molar-refractivity contribution in [2.75, 3.05) is 32.2 Å². The van der Waals surface area contributed by atoms with E-state index in [0.29, 0.717) is 47.0 Å². The quantitative estimate of drug-likeness (QED) is 0.432. The van der Waals surface area contributed by atoms with Gasteiger partial charge in [-0.25, -0.2) is 13.4 Å². The Hall–Kier alpha value is -3.21. The summed E-state index contributed by atoms with van der Waals surface area (Å²) >= 11 is 0. The highest BCUT2D eigenvalue weighted by molar-refractivity contribution is 7.89. The van der Waals surface area contributed by atoms with Gasteiger partial charge in [-0.1, -0.05) is 18.6 Å². The molecule has 0 aliphatic carbocycles. The molecule has 0 saturated carbocycles. The van der Waals surface area contributed by atoms with Crippen LogP contribution in [0.1, 0.15) is 36.0 Å². The minimum absolute atomic E-state index is 0.151. The Balaban J connectivity index is 1.33. The molecular formula is C27H34N4O5S. The number of imidazole rings is 1. The summed E-state index contributed by atoms with van der Waals surface area (Å²) in [6.07, 6.45) is 7.78. The van der Waals surface area contributed by atoms with Gasteiger partial charge in [0.15, 0.2) is 0 Å². The van der Waals surface area contributed by atoms with Crippen molar-refractivity contribution < 1.29 is 22.7 Å². The number of hydrogen-bond donors (Lipinski definition) is 1. The van der Waals surface area contributed by atoms with Gasteiger partial charge in [-0.2, -0.15) is 4.31 Å². The number of hydrogen-bond acceptors (Lipinski definition) is 6. The Kier molecular flexibility index (Phi) is 8.63. The van der Waals surface area contributed by atoms with Gasteiger partial charge in [0.1, 0.15) is 12.4 Å². The van der Waals surface area contributed by atoms with Crippen molar-refractivity contribution in [3.05, 3.63) is 71.8 Å². The minimum Gasteiger partial charge on any atom is -0.497 e. The number of anilines is 1. The van der Waals surface area contributed by atoms with Gasteiger partial charge in [-0.15, -0.1) is 0 Å². The monoisotopic (exact) mass is 526 g/mol. The van der Waals surface area contributed by atoms with Crippen LogP contribution in [-0.4, -0.2) is 61.1 Å². The van der Waals surface area contributed by atoms with Crippen molar-refractivity contribution in [1.82, 2.24) is 13.9 Å². The van der Waals surface area contributed by atoms with Crippen LogP contribution >= 0.6 is 0 Å². The first-order valence-electron chi connectivity index (χ1n) is 12.4. The predicted octanol–water partition coefficient (Wildman–Crippen LogP) is 3.76. The number of sulfonamides is 1. The molecule has 0 radical (unpaired) electrons. The number of methoxy groups -OCH3 is 1. The van der Waals surface area contributed by atoms with E-state index in [9.17, 15) is 13.2 Å². The standard InChI is InChI=1S/C27H34N4O5S/c1-20-14-25(35-3)15-21(2)27(20)37(33,34)31-12-5-4-6-24(31)17-36-18-26(32)29-23-9-7-22(8-10-23)16-30-13-11-28-19-30/h7-11,13-15,19,24H,4-6,12,16-18H2,1-3H3,(H,29,32). The maximum Gasteiger partial charge on any atom is 0.250 e. The second kappa shape index (κ2) is 11.9. The topological polar surface area (TPSA) is 103 Å². The van der Waals surface area contributed by atoms with E-state index in [2.05, 4.69) is 10.3 Å². The van der Waals surface area contributed by atoms with Gasteiger partial charge in [-0.3, -0.25) is 4.79 Å². The number of carbonyl (C=O) groups is 1. The molecule has 1 saturated heterocycles. The molecule has 1 N–H and O–H groups in total. The molecule has 1 aromatic heterocycles. The summed E-state index contributed by atoms with van der Waals surface area (Å²) in [4.78, 5) is 16.8. The maximum atomic E-state index is 13.6. The fourth-order valence-corrected chi connectivity index (χ4v) is 6.87. The number of ether oxygens (including phenoxy) is 2. The second-order valence-corrected chi connectivity index (χ2v) is 11.2. The molecule has 0 spiro atoms. The third kappa shape index (κ3) is 6.57. The molecule has 1 aliphatic rings. The lowest BCUT2D eigenvalue weighted by atomic mass is 10.1. The number of piperidine rings is 1. The Morgan fingerprint density at radius 3 is 2.51 bits per heavy atom. The van der Waals surface area contributed by atoms with Crippen molar-refractivity contribution in [2.24, 2.45) is 0 Å².